The summed E-state index contributed by atoms with van der Waals surface area (Å²) in [6.07, 6.45) is 1.51. The molecular weight excluding hydrogens is 438 g/mol. The van der Waals surface area contributed by atoms with Crippen molar-refractivity contribution in [3.63, 3.8) is 0 Å². The molecule has 0 spiro atoms. The molecule has 0 radical (unpaired) electrons. The van der Waals surface area contributed by atoms with Crippen molar-refractivity contribution in [2.24, 2.45) is 0 Å². The number of carbonyl (C=O) groups is 2. The number of amides is 2. The molecule has 1 atom stereocenters. The van der Waals surface area contributed by atoms with Crippen LogP contribution in [0.15, 0.2) is 54.6 Å². The van der Waals surface area contributed by atoms with Crippen molar-refractivity contribution >= 4 is 27.5 Å². The van der Waals surface area contributed by atoms with Gasteiger partial charge in [-0.2, -0.15) is 0 Å². The minimum absolute atomic E-state index is 0.0692. The molecule has 33 heavy (non-hydrogen) atoms. The number of rotatable bonds is 11. The lowest BCUT2D eigenvalue weighted by Crippen LogP contribution is -2.52. The largest absolute Gasteiger partial charge is 0.355 e. The number of likely N-dealkylation sites (N-methyl/N-ethyl adjacent to an activating group) is 1. The summed E-state index contributed by atoms with van der Waals surface area (Å²) < 4.78 is 26.7. The Balaban J connectivity index is 2.47. The highest BCUT2D eigenvalue weighted by Crippen LogP contribution is 2.29. The van der Waals surface area contributed by atoms with Gasteiger partial charge in [0.15, 0.2) is 0 Å². The molecule has 0 bridgehead atoms. The normalized spacial score (nSPS) is 12.3. The van der Waals surface area contributed by atoms with E-state index in [1.165, 1.54) is 4.90 Å². The van der Waals surface area contributed by atoms with E-state index >= 15 is 0 Å². The van der Waals surface area contributed by atoms with Crippen LogP contribution in [0, 0.1) is 0 Å². The number of benzene rings is 2. The molecule has 180 valence electrons. The molecule has 0 aliphatic rings. The minimum Gasteiger partial charge on any atom is -0.355 e. The molecular formula is C25H35N3O4S. The van der Waals surface area contributed by atoms with E-state index in [9.17, 15) is 18.0 Å². The average Bonchev–Trinajstić information content (AvgIpc) is 2.77. The lowest BCUT2D eigenvalue weighted by Gasteiger charge is -2.33. The number of nitrogens with zero attached hydrogens (tertiary/aromatic N) is 2. The van der Waals surface area contributed by atoms with Crippen LogP contribution in [0.2, 0.25) is 0 Å². The number of para-hydroxylation sites is 1. The number of carbonyl (C=O) groups excluding carboxylic acids is 2. The molecule has 0 aromatic heterocycles. The predicted molar refractivity (Wildman–Crippen MR) is 132 cm³/mol. The van der Waals surface area contributed by atoms with Gasteiger partial charge in [-0.3, -0.25) is 13.9 Å². The number of sulfonamides is 1. The second-order valence-corrected chi connectivity index (χ2v) is 10.2. The van der Waals surface area contributed by atoms with Crippen LogP contribution in [0.5, 0.6) is 0 Å². The molecule has 2 aromatic carbocycles. The van der Waals surface area contributed by atoms with Gasteiger partial charge in [-0.25, -0.2) is 8.42 Å². The Kier molecular flexibility index (Phi) is 9.46. The molecule has 1 unspecified atom stereocenters. The zero-order valence-electron chi connectivity index (χ0n) is 20.1. The van der Waals surface area contributed by atoms with Gasteiger partial charge >= 0.3 is 0 Å². The molecule has 2 amide bonds. The van der Waals surface area contributed by atoms with Gasteiger partial charge in [0.05, 0.1) is 11.9 Å². The molecule has 7 nitrogen and oxygen atoms in total. The first-order chi connectivity index (χ1) is 15.6. The summed E-state index contributed by atoms with van der Waals surface area (Å²) in [4.78, 5) is 27.9. The maximum atomic E-state index is 13.6. The summed E-state index contributed by atoms with van der Waals surface area (Å²) in [6.45, 7) is 7.88. The molecule has 1 N–H and O–H groups in total. The lowest BCUT2D eigenvalue weighted by molar-refractivity contribution is -0.140. The van der Waals surface area contributed by atoms with Crippen LogP contribution in [-0.2, 0) is 26.2 Å². The standard InChI is InChI=1S/C25H35N3O4S/c1-6-22(25(30)26-7-2)27(17-20-13-9-8-10-14-20)24(29)18-28(33(5,31)32)23-16-12-11-15-21(23)19(3)4/h8-16,19,22H,6-7,17-18H2,1-5H3,(H,26,30). The van der Waals surface area contributed by atoms with Crippen LogP contribution >= 0.6 is 0 Å². The first-order valence-electron chi connectivity index (χ1n) is 11.3. The molecule has 0 aliphatic carbocycles. The Morgan fingerprint density at radius 1 is 0.970 bits per heavy atom. The van der Waals surface area contributed by atoms with Crippen molar-refractivity contribution < 1.29 is 18.0 Å². The fourth-order valence-corrected chi connectivity index (χ4v) is 4.66. The van der Waals surface area contributed by atoms with Crippen molar-refractivity contribution in [2.45, 2.75) is 52.6 Å². The molecule has 0 saturated heterocycles. The van der Waals surface area contributed by atoms with Crippen LogP contribution in [0.4, 0.5) is 5.69 Å². The minimum atomic E-state index is -3.75. The van der Waals surface area contributed by atoms with E-state index in [-0.39, 0.29) is 24.9 Å². The monoisotopic (exact) mass is 473 g/mol. The Labute approximate surface area is 197 Å². The summed E-state index contributed by atoms with van der Waals surface area (Å²) in [7, 11) is -3.75. The van der Waals surface area contributed by atoms with E-state index in [1.54, 1.807) is 12.1 Å². The summed E-state index contributed by atoms with van der Waals surface area (Å²) in [5.41, 5.74) is 2.18. The van der Waals surface area contributed by atoms with Gasteiger partial charge in [0.2, 0.25) is 21.8 Å². The first-order valence-corrected chi connectivity index (χ1v) is 13.1. The van der Waals surface area contributed by atoms with Crippen molar-refractivity contribution in [1.29, 1.82) is 0 Å². The SMILES string of the molecule is CCNC(=O)C(CC)N(Cc1ccccc1)C(=O)CN(c1ccccc1C(C)C)S(C)(=O)=O. The summed E-state index contributed by atoms with van der Waals surface area (Å²) in [5.74, 6) is -0.613. The van der Waals surface area contributed by atoms with Gasteiger partial charge in [0.25, 0.3) is 0 Å². The first kappa shape index (κ1) is 26.4. The zero-order valence-corrected chi connectivity index (χ0v) is 20.9. The number of nitrogens with one attached hydrogen (secondary N) is 1. The van der Waals surface area contributed by atoms with Crippen LogP contribution in [0.25, 0.3) is 0 Å². The third kappa shape index (κ3) is 7.05. The highest BCUT2D eigenvalue weighted by Gasteiger charge is 2.32. The number of hydrogen-bond acceptors (Lipinski definition) is 4. The van der Waals surface area contributed by atoms with Crippen molar-refractivity contribution in [3.8, 4) is 0 Å². The van der Waals surface area contributed by atoms with E-state index < -0.39 is 22.0 Å². The Morgan fingerprint density at radius 3 is 2.12 bits per heavy atom. The third-order valence-electron chi connectivity index (χ3n) is 5.44. The molecule has 0 fully saturated rings. The lowest BCUT2D eigenvalue weighted by atomic mass is 10.0. The average molecular weight is 474 g/mol. The Bertz CT molecular complexity index is 1040. The van der Waals surface area contributed by atoms with Crippen LogP contribution < -0.4 is 9.62 Å². The fourth-order valence-electron chi connectivity index (χ4n) is 3.79. The van der Waals surface area contributed by atoms with Crippen LogP contribution in [0.1, 0.15) is 51.2 Å². The van der Waals surface area contributed by atoms with Gasteiger partial charge in [0, 0.05) is 13.1 Å². The summed E-state index contributed by atoms with van der Waals surface area (Å²) >= 11 is 0. The van der Waals surface area contributed by atoms with E-state index in [4.69, 9.17) is 0 Å². The highest BCUT2D eigenvalue weighted by atomic mass is 32.2. The Hall–Kier alpha value is -2.87. The van der Waals surface area contributed by atoms with E-state index in [2.05, 4.69) is 5.32 Å². The quantitative estimate of drug-likeness (QED) is 0.541. The van der Waals surface area contributed by atoms with Gasteiger partial charge in [-0.15, -0.1) is 0 Å². The van der Waals surface area contributed by atoms with Gasteiger partial charge < -0.3 is 10.2 Å². The van der Waals surface area contributed by atoms with Crippen molar-refractivity contribution in [1.82, 2.24) is 10.2 Å². The molecule has 8 heteroatoms. The van der Waals surface area contributed by atoms with Crippen LogP contribution in [-0.4, -0.2) is 50.5 Å². The van der Waals surface area contributed by atoms with E-state index in [0.717, 1.165) is 21.7 Å². The second kappa shape index (κ2) is 11.8. The van der Waals surface area contributed by atoms with Crippen molar-refractivity contribution in [3.05, 3.63) is 65.7 Å². The molecule has 0 aliphatic heterocycles. The van der Waals surface area contributed by atoms with Gasteiger partial charge in [-0.05, 0) is 36.5 Å². The third-order valence-corrected chi connectivity index (χ3v) is 6.57. The fraction of sp³-hybridized carbons (Fsp3) is 0.440. The molecule has 2 aromatic rings. The topological polar surface area (TPSA) is 86.8 Å². The maximum Gasteiger partial charge on any atom is 0.244 e. The second-order valence-electron chi connectivity index (χ2n) is 8.31. The van der Waals surface area contributed by atoms with Gasteiger partial charge in [-0.1, -0.05) is 69.3 Å². The number of hydrogen-bond donors (Lipinski definition) is 1. The zero-order chi connectivity index (χ0) is 24.6. The van der Waals surface area contributed by atoms with Gasteiger partial charge in [0.1, 0.15) is 12.6 Å². The smallest absolute Gasteiger partial charge is 0.244 e. The van der Waals surface area contributed by atoms with E-state index in [0.29, 0.717) is 18.7 Å². The van der Waals surface area contributed by atoms with Crippen LogP contribution in [0.3, 0.4) is 0 Å². The molecule has 2 rings (SSSR count). The summed E-state index contributed by atoms with van der Waals surface area (Å²) in [6, 6.07) is 15.9. The van der Waals surface area contributed by atoms with E-state index in [1.807, 2.05) is 70.2 Å². The number of anilines is 1. The highest BCUT2D eigenvalue weighted by molar-refractivity contribution is 7.92. The maximum absolute atomic E-state index is 13.6. The molecule has 0 heterocycles. The summed E-state index contributed by atoms with van der Waals surface area (Å²) in [5, 5.41) is 2.79. The molecule has 0 saturated carbocycles. The van der Waals surface area contributed by atoms with Crippen molar-refractivity contribution in [2.75, 3.05) is 23.7 Å². The predicted octanol–water partition coefficient (Wildman–Crippen LogP) is 3.52. The Morgan fingerprint density at radius 2 is 1.58 bits per heavy atom.